The van der Waals surface area contributed by atoms with Gasteiger partial charge < -0.3 is 9.84 Å². The van der Waals surface area contributed by atoms with Gasteiger partial charge in [0.1, 0.15) is 11.4 Å². The van der Waals surface area contributed by atoms with E-state index >= 15 is 0 Å². The van der Waals surface area contributed by atoms with Crippen LogP contribution < -0.4 is 5.32 Å². The summed E-state index contributed by atoms with van der Waals surface area (Å²) in [5.41, 5.74) is 1.43. The minimum absolute atomic E-state index is 0.00870. The molecule has 1 N–H and O–H groups in total. The van der Waals surface area contributed by atoms with Crippen LogP contribution in [0.1, 0.15) is 31.7 Å². The third-order valence-corrected chi connectivity index (χ3v) is 1.89. The molecule has 0 fully saturated rings. The van der Waals surface area contributed by atoms with E-state index in [-0.39, 0.29) is 5.91 Å². The monoisotopic (exact) mass is 196 g/mol. The fraction of sp³-hybridized carbons (Fsp3) is 0.600. The number of nitrogens with one attached hydrogen (secondary N) is 1. The standard InChI is InChI=1S/C10H16N2O2/c1-6(2)5-9(13)11-10-7(3)12-14-8(10)4/h6H,5H2,1-4H3,(H,11,13). The number of aryl methyl sites for hydroxylation is 2. The van der Waals surface area contributed by atoms with Crippen molar-refractivity contribution in [3.8, 4) is 0 Å². The predicted octanol–water partition coefficient (Wildman–Crippen LogP) is 2.28. The van der Waals surface area contributed by atoms with Crippen LogP contribution in [0.4, 0.5) is 5.69 Å². The Hall–Kier alpha value is -1.32. The molecule has 14 heavy (non-hydrogen) atoms. The molecule has 0 saturated carbocycles. The van der Waals surface area contributed by atoms with Gasteiger partial charge >= 0.3 is 0 Å². The van der Waals surface area contributed by atoms with E-state index in [1.54, 1.807) is 6.92 Å². The van der Waals surface area contributed by atoms with Crippen molar-refractivity contribution in [1.82, 2.24) is 5.16 Å². The minimum Gasteiger partial charge on any atom is -0.359 e. The molecule has 1 amide bonds. The third kappa shape index (κ3) is 2.58. The largest absolute Gasteiger partial charge is 0.359 e. The number of anilines is 1. The van der Waals surface area contributed by atoms with Gasteiger partial charge in [0.2, 0.25) is 5.91 Å². The van der Waals surface area contributed by atoms with Crippen molar-refractivity contribution >= 4 is 11.6 Å². The maximum absolute atomic E-state index is 11.4. The highest BCUT2D eigenvalue weighted by Crippen LogP contribution is 2.19. The van der Waals surface area contributed by atoms with Gasteiger partial charge in [-0.25, -0.2) is 0 Å². The topological polar surface area (TPSA) is 55.1 Å². The smallest absolute Gasteiger partial charge is 0.224 e. The molecule has 0 aromatic carbocycles. The highest BCUT2D eigenvalue weighted by molar-refractivity contribution is 5.91. The maximum Gasteiger partial charge on any atom is 0.224 e. The van der Waals surface area contributed by atoms with Crippen LogP contribution in [0.5, 0.6) is 0 Å². The van der Waals surface area contributed by atoms with Gasteiger partial charge in [-0.2, -0.15) is 0 Å². The number of carbonyl (C=O) groups is 1. The predicted molar refractivity (Wildman–Crippen MR) is 54.1 cm³/mol. The molecule has 0 atom stereocenters. The summed E-state index contributed by atoms with van der Waals surface area (Å²) in [4.78, 5) is 11.4. The molecule has 0 radical (unpaired) electrons. The first kappa shape index (κ1) is 10.8. The van der Waals surface area contributed by atoms with Crippen LogP contribution in [-0.4, -0.2) is 11.1 Å². The Morgan fingerprint density at radius 2 is 2.14 bits per heavy atom. The highest BCUT2D eigenvalue weighted by Gasteiger charge is 2.12. The zero-order chi connectivity index (χ0) is 10.7. The summed E-state index contributed by atoms with van der Waals surface area (Å²) in [6.07, 6.45) is 0.518. The van der Waals surface area contributed by atoms with Gasteiger partial charge in [-0.1, -0.05) is 19.0 Å². The fourth-order valence-corrected chi connectivity index (χ4v) is 1.22. The molecule has 0 saturated heterocycles. The average Bonchev–Trinajstić information content (AvgIpc) is 2.34. The van der Waals surface area contributed by atoms with Crippen LogP contribution >= 0.6 is 0 Å². The molecule has 0 aliphatic carbocycles. The average molecular weight is 196 g/mol. The van der Waals surface area contributed by atoms with E-state index in [0.29, 0.717) is 23.8 Å². The quantitative estimate of drug-likeness (QED) is 0.806. The van der Waals surface area contributed by atoms with Gasteiger partial charge in [0.05, 0.1) is 0 Å². The van der Waals surface area contributed by atoms with E-state index in [1.807, 2.05) is 20.8 Å². The molecular weight excluding hydrogens is 180 g/mol. The molecule has 1 aromatic heterocycles. The lowest BCUT2D eigenvalue weighted by Gasteiger charge is -2.05. The molecule has 4 nitrogen and oxygen atoms in total. The molecular formula is C10H16N2O2. The Kier molecular flexibility index (Phi) is 3.28. The highest BCUT2D eigenvalue weighted by atomic mass is 16.5. The Balaban J connectivity index is 2.64. The van der Waals surface area contributed by atoms with E-state index < -0.39 is 0 Å². The molecule has 1 heterocycles. The van der Waals surface area contributed by atoms with Gasteiger partial charge in [0, 0.05) is 6.42 Å². The number of rotatable bonds is 3. The molecule has 0 unspecified atom stereocenters. The van der Waals surface area contributed by atoms with Crippen molar-refractivity contribution in [3.63, 3.8) is 0 Å². The Bertz CT molecular complexity index is 309. The minimum atomic E-state index is 0.00870. The Labute approximate surface area is 83.7 Å². The second kappa shape index (κ2) is 4.26. The molecule has 1 rings (SSSR count). The van der Waals surface area contributed by atoms with E-state index in [0.717, 1.165) is 5.69 Å². The molecule has 1 aromatic rings. The summed E-state index contributed by atoms with van der Waals surface area (Å²) < 4.78 is 4.94. The number of hydrogen-bond donors (Lipinski definition) is 1. The van der Waals surface area contributed by atoms with Crippen molar-refractivity contribution < 1.29 is 9.32 Å². The number of carbonyl (C=O) groups excluding carboxylic acids is 1. The summed E-state index contributed by atoms with van der Waals surface area (Å²) in [5, 5.41) is 6.55. The van der Waals surface area contributed by atoms with Gasteiger partial charge in [-0.05, 0) is 19.8 Å². The van der Waals surface area contributed by atoms with Gasteiger partial charge in [-0.3, -0.25) is 4.79 Å². The van der Waals surface area contributed by atoms with E-state index in [1.165, 1.54) is 0 Å². The van der Waals surface area contributed by atoms with E-state index in [9.17, 15) is 4.79 Å². The zero-order valence-corrected chi connectivity index (χ0v) is 9.05. The first-order valence-corrected chi connectivity index (χ1v) is 4.73. The summed E-state index contributed by atoms with van der Waals surface area (Å²) in [6.45, 7) is 7.60. The molecule has 0 spiro atoms. The normalized spacial score (nSPS) is 10.6. The van der Waals surface area contributed by atoms with Crippen molar-refractivity contribution in [2.24, 2.45) is 5.92 Å². The van der Waals surface area contributed by atoms with Crippen LogP contribution in [0.15, 0.2) is 4.52 Å². The summed E-state index contributed by atoms with van der Waals surface area (Å²) in [7, 11) is 0. The molecule has 78 valence electrons. The van der Waals surface area contributed by atoms with Crippen molar-refractivity contribution in [1.29, 1.82) is 0 Å². The fourth-order valence-electron chi connectivity index (χ4n) is 1.22. The lowest BCUT2D eigenvalue weighted by Crippen LogP contribution is -2.14. The number of aromatic nitrogens is 1. The number of nitrogens with zero attached hydrogens (tertiary/aromatic N) is 1. The summed E-state index contributed by atoms with van der Waals surface area (Å²) in [5.74, 6) is 1.02. The van der Waals surface area contributed by atoms with Gasteiger partial charge in [0.15, 0.2) is 5.76 Å². The Morgan fingerprint density at radius 1 is 1.50 bits per heavy atom. The number of amides is 1. The summed E-state index contributed by atoms with van der Waals surface area (Å²) >= 11 is 0. The van der Waals surface area contributed by atoms with Crippen LogP contribution in [0.25, 0.3) is 0 Å². The number of hydrogen-bond acceptors (Lipinski definition) is 3. The molecule has 0 aliphatic rings. The van der Waals surface area contributed by atoms with Crippen LogP contribution in [0.3, 0.4) is 0 Å². The first-order valence-electron chi connectivity index (χ1n) is 4.73. The summed E-state index contributed by atoms with van der Waals surface area (Å²) in [6, 6.07) is 0. The van der Waals surface area contributed by atoms with Gasteiger partial charge in [-0.15, -0.1) is 0 Å². The Morgan fingerprint density at radius 3 is 2.57 bits per heavy atom. The van der Waals surface area contributed by atoms with Crippen LogP contribution in [0.2, 0.25) is 0 Å². The van der Waals surface area contributed by atoms with Gasteiger partial charge in [0.25, 0.3) is 0 Å². The molecule has 0 aliphatic heterocycles. The van der Waals surface area contributed by atoms with Crippen molar-refractivity contribution in [3.05, 3.63) is 11.5 Å². The van der Waals surface area contributed by atoms with E-state index in [2.05, 4.69) is 10.5 Å². The second-order valence-corrected chi connectivity index (χ2v) is 3.85. The third-order valence-electron chi connectivity index (χ3n) is 1.89. The SMILES string of the molecule is Cc1noc(C)c1NC(=O)CC(C)C. The lowest BCUT2D eigenvalue weighted by molar-refractivity contribution is -0.116. The van der Waals surface area contributed by atoms with Crippen LogP contribution in [0, 0.1) is 19.8 Å². The zero-order valence-electron chi connectivity index (χ0n) is 9.05. The van der Waals surface area contributed by atoms with Crippen molar-refractivity contribution in [2.45, 2.75) is 34.1 Å². The first-order chi connectivity index (χ1) is 6.50. The van der Waals surface area contributed by atoms with E-state index in [4.69, 9.17) is 4.52 Å². The lowest BCUT2D eigenvalue weighted by atomic mass is 10.1. The molecule has 0 bridgehead atoms. The second-order valence-electron chi connectivity index (χ2n) is 3.85. The van der Waals surface area contributed by atoms with Crippen molar-refractivity contribution in [2.75, 3.05) is 5.32 Å². The molecule has 4 heteroatoms. The van der Waals surface area contributed by atoms with Crippen LogP contribution in [-0.2, 0) is 4.79 Å². The maximum atomic E-state index is 11.4.